The summed E-state index contributed by atoms with van der Waals surface area (Å²) in [4.78, 5) is 23.2. The maximum atomic E-state index is 12.1. The van der Waals surface area contributed by atoms with Gasteiger partial charge in [-0.25, -0.2) is 4.79 Å². The zero-order valence-corrected chi connectivity index (χ0v) is 14.2. The van der Waals surface area contributed by atoms with E-state index in [1.54, 1.807) is 23.1 Å². The van der Waals surface area contributed by atoms with Crippen molar-refractivity contribution in [3.05, 3.63) is 42.2 Å². The lowest BCUT2D eigenvalue weighted by Crippen LogP contribution is -2.31. The Kier molecular flexibility index (Phi) is 5.95. The monoisotopic (exact) mass is 329 g/mol. The average molecular weight is 329 g/mol. The van der Waals surface area contributed by atoms with Crippen LogP contribution < -0.4 is 16.0 Å². The molecule has 24 heavy (non-hydrogen) atoms. The number of aryl methyl sites for hydroxylation is 1. The summed E-state index contributed by atoms with van der Waals surface area (Å²) >= 11 is 0. The molecule has 2 rings (SSSR count). The number of hydrogen-bond donors (Lipinski definition) is 3. The van der Waals surface area contributed by atoms with Gasteiger partial charge in [-0.2, -0.15) is 5.10 Å². The lowest BCUT2D eigenvalue weighted by Gasteiger charge is -2.15. The molecule has 0 saturated carbocycles. The molecule has 0 radical (unpaired) electrons. The van der Waals surface area contributed by atoms with Crippen molar-refractivity contribution >= 4 is 23.3 Å². The second-order valence-electron chi connectivity index (χ2n) is 5.62. The summed E-state index contributed by atoms with van der Waals surface area (Å²) in [5, 5.41) is 12.5. The number of nitrogens with one attached hydrogen (secondary N) is 3. The number of aromatic nitrogens is 2. The van der Waals surface area contributed by atoms with Gasteiger partial charge in [-0.15, -0.1) is 0 Å². The predicted octanol–water partition coefficient (Wildman–Crippen LogP) is 3.13. The van der Waals surface area contributed by atoms with Crippen LogP contribution in [0.4, 0.5) is 16.2 Å². The standard InChI is InChI=1S/C17H23N5O2/c1-4-8-22-11-16(10-18-22)21-17(24)19-12(2)14-6-5-7-15(9-14)20-13(3)23/h5-7,9-12H,4,8H2,1-3H3,(H,20,23)(H2,19,21,24). The number of urea groups is 1. The van der Waals surface area contributed by atoms with Crippen LogP contribution in [-0.2, 0) is 11.3 Å². The summed E-state index contributed by atoms with van der Waals surface area (Å²) in [6, 6.07) is 6.87. The molecule has 1 unspecified atom stereocenters. The van der Waals surface area contributed by atoms with Gasteiger partial charge in [-0.05, 0) is 31.0 Å². The average Bonchev–Trinajstić information content (AvgIpc) is 2.94. The Morgan fingerprint density at radius 2 is 2.04 bits per heavy atom. The number of carbonyl (C=O) groups is 2. The van der Waals surface area contributed by atoms with Crippen molar-refractivity contribution in [2.45, 2.75) is 39.8 Å². The lowest BCUT2D eigenvalue weighted by molar-refractivity contribution is -0.114. The molecule has 0 bridgehead atoms. The van der Waals surface area contributed by atoms with Gasteiger partial charge >= 0.3 is 6.03 Å². The maximum Gasteiger partial charge on any atom is 0.319 e. The minimum atomic E-state index is -0.302. The summed E-state index contributed by atoms with van der Waals surface area (Å²) in [5.41, 5.74) is 2.26. The van der Waals surface area contributed by atoms with E-state index >= 15 is 0 Å². The van der Waals surface area contributed by atoms with Gasteiger partial charge in [-0.1, -0.05) is 19.1 Å². The normalized spacial score (nSPS) is 11.6. The number of carbonyl (C=O) groups excluding carboxylic acids is 2. The summed E-state index contributed by atoms with van der Waals surface area (Å²) in [5.74, 6) is -0.130. The van der Waals surface area contributed by atoms with Crippen molar-refractivity contribution in [3.8, 4) is 0 Å². The Hall–Kier alpha value is -2.83. The first kappa shape index (κ1) is 17.5. The fourth-order valence-corrected chi connectivity index (χ4v) is 2.32. The molecule has 3 N–H and O–H groups in total. The lowest BCUT2D eigenvalue weighted by atomic mass is 10.1. The molecule has 1 aromatic carbocycles. The van der Waals surface area contributed by atoms with E-state index in [0.717, 1.165) is 18.5 Å². The van der Waals surface area contributed by atoms with Crippen molar-refractivity contribution in [2.24, 2.45) is 0 Å². The van der Waals surface area contributed by atoms with Crippen molar-refractivity contribution in [2.75, 3.05) is 10.6 Å². The fraction of sp³-hybridized carbons (Fsp3) is 0.353. The molecule has 7 heteroatoms. The van der Waals surface area contributed by atoms with Crippen molar-refractivity contribution in [1.29, 1.82) is 0 Å². The molecular weight excluding hydrogens is 306 g/mol. The molecule has 1 heterocycles. The van der Waals surface area contributed by atoms with Crippen LogP contribution >= 0.6 is 0 Å². The molecule has 0 spiro atoms. The van der Waals surface area contributed by atoms with Crippen LogP contribution in [0.5, 0.6) is 0 Å². The number of hydrogen-bond acceptors (Lipinski definition) is 3. The molecule has 2 aromatic rings. The van der Waals surface area contributed by atoms with Crippen LogP contribution in [0, 0.1) is 0 Å². The second-order valence-corrected chi connectivity index (χ2v) is 5.62. The predicted molar refractivity (Wildman–Crippen MR) is 93.8 cm³/mol. The second kappa shape index (κ2) is 8.14. The summed E-state index contributed by atoms with van der Waals surface area (Å²) in [6.07, 6.45) is 4.40. The summed E-state index contributed by atoms with van der Waals surface area (Å²) in [6.45, 7) is 6.22. The van der Waals surface area contributed by atoms with Gasteiger partial charge < -0.3 is 16.0 Å². The Labute approximate surface area is 141 Å². The van der Waals surface area contributed by atoms with E-state index in [4.69, 9.17) is 0 Å². The minimum absolute atomic E-state index is 0.130. The van der Waals surface area contributed by atoms with Gasteiger partial charge in [0.05, 0.1) is 17.9 Å². The Balaban J connectivity index is 1.94. The largest absolute Gasteiger partial charge is 0.331 e. The smallest absolute Gasteiger partial charge is 0.319 e. The van der Waals surface area contributed by atoms with E-state index < -0.39 is 0 Å². The van der Waals surface area contributed by atoms with Gasteiger partial charge in [0.15, 0.2) is 0 Å². The molecule has 0 fully saturated rings. The van der Waals surface area contributed by atoms with Crippen molar-refractivity contribution in [1.82, 2.24) is 15.1 Å². The zero-order valence-electron chi connectivity index (χ0n) is 14.2. The van der Waals surface area contributed by atoms with Crippen LogP contribution in [0.25, 0.3) is 0 Å². The number of anilines is 2. The summed E-state index contributed by atoms with van der Waals surface area (Å²) < 4.78 is 1.79. The van der Waals surface area contributed by atoms with Gasteiger partial charge in [0.1, 0.15) is 0 Å². The Morgan fingerprint density at radius 3 is 2.75 bits per heavy atom. The molecule has 0 aliphatic heterocycles. The van der Waals surface area contributed by atoms with Gasteiger partial charge in [0.2, 0.25) is 5.91 Å². The van der Waals surface area contributed by atoms with Gasteiger partial charge in [0, 0.05) is 25.4 Å². The summed E-state index contributed by atoms with van der Waals surface area (Å²) in [7, 11) is 0. The number of nitrogens with zero attached hydrogens (tertiary/aromatic N) is 2. The first-order chi connectivity index (χ1) is 11.5. The van der Waals surface area contributed by atoms with E-state index in [9.17, 15) is 9.59 Å². The molecule has 1 aromatic heterocycles. The van der Waals surface area contributed by atoms with Crippen LogP contribution in [0.1, 0.15) is 38.8 Å². The topological polar surface area (TPSA) is 88.0 Å². The van der Waals surface area contributed by atoms with E-state index in [1.807, 2.05) is 25.1 Å². The third-order valence-corrected chi connectivity index (χ3v) is 3.40. The van der Waals surface area contributed by atoms with E-state index in [1.165, 1.54) is 6.92 Å². The third kappa shape index (κ3) is 5.12. The highest BCUT2D eigenvalue weighted by Gasteiger charge is 2.11. The first-order valence-electron chi connectivity index (χ1n) is 7.95. The highest BCUT2D eigenvalue weighted by atomic mass is 16.2. The molecular formula is C17H23N5O2. The van der Waals surface area contributed by atoms with Crippen LogP contribution in [0.3, 0.4) is 0 Å². The van der Waals surface area contributed by atoms with Crippen LogP contribution in [0.2, 0.25) is 0 Å². The molecule has 0 saturated heterocycles. The van der Waals surface area contributed by atoms with Crippen LogP contribution in [0.15, 0.2) is 36.7 Å². The SMILES string of the molecule is CCCn1cc(NC(=O)NC(C)c2cccc(NC(C)=O)c2)cn1. The molecule has 128 valence electrons. The van der Waals surface area contributed by atoms with Crippen molar-refractivity contribution in [3.63, 3.8) is 0 Å². The number of benzene rings is 1. The van der Waals surface area contributed by atoms with E-state index in [-0.39, 0.29) is 18.0 Å². The first-order valence-corrected chi connectivity index (χ1v) is 7.95. The van der Waals surface area contributed by atoms with Crippen molar-refractivity contribution < 1.29 is 9.59 Å². The zero-order chi connectivity index (χ0) is 17.5. The highest BCUT2D eigenvalue weighted by Crippen LogP contribution is 2.17. The maximum absolute atomic E-state index is 12.1. The molecule has 1 atom stereocenters. The Morgan fingerprint density at radius 1 is 1.25 bits per heavy atom. The number of rotatable bonds is 6. The highest BCUT2D eigenvalue weighted by molar-refractivity contribution is 5.90. The minimum Gasteiger partial charge on any atom is -0.331 e. The molecule has 0 aliphatic carbocycles. The van der Waals surface area contributed by atoms with Crippen LogP contribution in [-0.4, -0.2) is 21.7 Å². The number of amides is 3. The van der Waals surface area contributed by atoms with E-state index in [0.29, 0.717) is 11.4 Å². The molecule has 0 aliphatic rings. The van der Waals surface area contributed by atoms with E-state index in [2.05, 4.69) is 28.0 Å². The molecule has 3 amide bonds. The van der Waals surface area contributed by atoms with Gasteiger partial charge in [0.25, 0.3) is 0 Å². The molecule has 7 nitrogen and oxygen atoms in total. The Bertz CT molecular complexity index is 711. The quantitative estimate of drug-likeness (QED) is 0.761. The third-order valence-electron chi connectivity index (χ3n) is 3.40. The fourth-order valence-electron chi connectivity index (χ4n) is 2.32. The van der Waals surface area contributed by atoms with Gasteiger partial charge in [-0.3, -0.25) is 9.48 Å².